The van der Waals surface area contributed by atoms with Gasteiger partial charge in [0, 0.05) is 11.6 Å². The van der Waals surface area contributed by atoms with Crippen LogP contribution in [0.25, 0.3) is 0 Å². The molecule has 0 aliphatic heterocycles. The molecule has 1 heterocycles. The van der Waals surface area contributed by atoms with Gasteiger partial charge in [-0.3, -0.25) is 0 Å². The van der Waals surface area contributed by atoms with Crippen LogP contribution < -0.4 is 15.2 Å². The van der Waals surface area contributed by atoms with Gasteiger partial charge in [-0.15, -0.1) is 0 Å². The molecule has 112 valence electrons. The number of nitrogen functional groups attached to an aromatic ring is 1. The van der Waals surface area contributed by atoms with Crippen molar-refractivity contribution >= 4 is 5.69 Å². The number of nitrogens with zero attached hydrogens (tertiary/aromatic N) is 1. The van der Waals surface area contributed by atoms with Crippen LogP contribution in [-0.4, -0.2) is 11.6 Å². The lowest BCUT2D eigenvalue weighted by atomic mass is 10.2. The van der Waals surface area contributed by atoms with Gasteiger partial charge in [-0.05, 0) is 18.1 Å². The number of pyridine rings is 1. The van der Waals surface area contributed by atoms with Crippen molar-refractivity contribution in [3.05, 3.63) is 47.8 Å². The molecule has 0 aliphatic rings. The first-order valence-electron chi connectivity index (χ1n) is 6.82. The molecule has 0 saturated heterocycles. The van der Waals surface area contributed by atoms with E-state index in [4.69, 9.17) is 15.2 Å². The van der Waals surface area contributed by atoms with E-state index in [1.165, 1.54) is 6.07 Å². The Kier molecular flexibility index (Phi) is 4.98. The highest BCUT2D eigenvalue weighted by Crippen LogP contribution is 2.23. The molecule has 0 fully saturated rings. The maximum absolute atomic E-state index is 13.5. The highest BCUT2D eigenvalue weighted by molar-refractivity contribution is 5.49. The van der Waals surface area contributed by atoms with Gasteiger partial charge >= 0.3 is 0 Å². The van der Waals surface area contributed by atoms with Gasteiger partial charge in [0.1, 0.15) is 12.4 Å². The largest absolute Gasteiger partial charge is 0.476 e. The summed E-state index contributed by atoms with van der Waals surface area (Å²) in [5, 5.41) is 0. The Morgan fingerprint density at radius 1 is 1.14 bits per heavy atom. The van der Waals surface area contributed by atoms with Crippen molar-refractivity contribution in [3.8, 4) is 11.8 Å². The summed E-state index contributed by atoms with van der Waals surface area (Å²) in [7, 11) is 0. The van der Waals surface area contributed by atoms with Crippen LogP contribution in [0, 0.1) is 11.7 Å². The second-order valence-corrected chi connectivity index (χ2v) is 5.13. The summed E-state index contributed by atoms with van der Waals surface area (Å²) in [5.41, 5.74) is 6.73. The lowest BCUT2D eigenvalue weighted by Gasteiger charge is -2.12. The first-order chi connectivity index (χ1) is 10.1. The molecule has 0 bridgehead atoms. The summed E-state index contributed by atoms with van der Waals surface area (Å²) >= 11 is 0. The Morgan fingerprint density at radius 3 is 2.62 bits per heavy atom. The molecule has 0 aliphatic carbocycles. The number of aromatic nitrogens is 1. The lowest BCUT2D eigenvalue weighted by molar-refractivity contribution is 0.249. The molecular formula is C16H19FN2O2. The maximum atomic E-state index is 13.5. The zero-order valence-electron chi connectivity index (χ0n) is 12.2. The topological polar surface area (TPSA) is 57.4 Å². The van der Waals surface area contributed by atoms with E-state index in [2.05, 4.69) is 4.98 Å². The average molecular weight is 290 g/mol. The predicted molar refractivity (Wildman–Crippen MR) is 79.7 cm³/mol. The van der Waals surface area contributed by atoms with Gasteiger partial charge in [0.15, 0.2) is 0 Å². The molecule has 5 heteroatoms. The highest BCUT2D eigenvalue weighted by atomic mass is 19.1. The fourth-order valence-corrected chi connectivity index (χ4v) is 1.64. The van der Waals surface area contributed by atoms with Gasteiger partial charge in [0.05, 0.1) is 12.3 Å². The molecule has 0 spiro atoms. The Bertz CT molecular complexity index is 603. The SMILES string of the molecule is CC(C)COc1nc(OCc2ccccc2F)ccc1N. The zero-order valence-corrected chi connectivity index (χ0v) is 12.2. The van der Waals surface area contributed by atoms with Crippen molar-refractivity contribution in [2.24, 2.45) is 5.92 Å². The number of halogens is 1. The van der Waals surface area contributed by atoms with E-state index in [9.17, 15) is 4.39 Å². The lowest BCUT2D eigenvalue weighted by Crippen LogP contribution is -2.08. The smallest absolute Gasteiger partial charge is 0.240 e. The number of hydrogen-bond acceptors (Lipinski definition) is 4. The molecule has 0 amide bonds. The quantitative estimate of drug-likeness (QED) is 0.885. The van der Waals surface area contributed by atoms with Crippen LogP contribution in [0.15, 0.2) is 36.4 Å². The van der Waals surface area contributed by atoms with Crippen LogP contribution in [-0.2, 0) is 6.61 Å². The molecule has 2 aromatic rings. The highest BCUT2D eigenvalue weighted by Gasteiger charge is 2.08. The Balaban J connectivity index is 2.03. The Morgan fingerprint density at radius 2 is 1.90 bits per heavy atom. The number of benzene rings is 1. The van der Waals surface area contributed by atoms with E-state index in [1.54, 1.807) is 30.3 Å². The second kappa shape index (κ2) is 6.92. The van der Waals surface area contributed by atoms with Crippen LogP contribution in [0.4, 0.5) is 10.1 Å². The number of ether oxygens (including phenoxy) is 2. The third-order valence-electron chi connectivity index (χ3n) is 2.75. The summed E-state index contributed by atoms with van der Waals surface area (Å²) < 4.78 is 24.5. The van der Waals surface area contributed by atoms with Crippen LogP contribution in [0.3, 0.4) is 0 Å². The monoisotopic (exact) mass is 290 g/mol. The second-order valence-electron chi connectivity index (χ2n) is 5.13. The minimum atomic E-state index is -0.302. The van der Waals surface area contributed by atoms with Gasteiger partial charge in [-0.1, -0.05) is 32.0 Å². The molecule has 1 aromatic carbocycles. The molecular weight excluding hydrogens is 271 g/mol. The fourth-order valence-electron chi connectivity index (χ4n) is 1.64. The van der Waals surface area contributed by atoms with Gasteiger partial charge in [-0.25, -0.2) is 4.39 Å². The van der Waals surface area contributed by atoms with Crippen molar-refractivity contribution in [1.82, 2.24) is 4.98 Å². The van der Waals surface area contributed by atoms with Crippen molar-refractivity contribution in [2.45, 2.75) is 20.5 Å². The van der Waals surface area contributed by atoms with Crippen LogP contribution in [0.5, 0.6) is 11.8 Å². The van der Waals surface area contributed by atoms with Gasteiger partial charge in [0.25, 0.3) is 0 Å². The van der Waals surface area contributed by atoms with Gasteiger partial charge < -0.3 is 15.2 Å². The molecule has 2 rings (SSSR count). The van der Waals surface area contributed by atoms with E-state index in [-0.39, 0.29) is 12.4 Å². The standard InChI is InChI=1S/C16H19FN2O2/c1-11(2)9-21-16-14(18)7-8-15(19-16)20-10-12-5-3-4-6-13(12)17/h3-8,11H,9-10,18H2,1-2H3. The van der Waals surface area contributed by atoms with Crippen molar-refractivity contribution in [3.63, 3.8) is 0 Å². The number of anilines is 1. The Hall–Kier alpha value is -2.30. The molecule has 0 atom stereocenters. The molecule has 2 N–H and O–H groups in total. The summed E-state index contributed by atoms with van der Waals surface area (Å²) in [6.45, 7) is 4.70. The molecule has 1 aromatic heterocycles. The van der Waals surface area contributed by atoms with Crippen LogP contribution >= 0.6 is 0 Å². The molecule has 0 radical (unpaired) electrons. The zero-order chi connectivity index (χ0) is 15.2. The molecule has 0 unspecified atom stereocenters. The summed E-state index contributed by atoms with van der Waals surface area (Å²) in [4.78, 5) is 4.20. The first-order valence-corrected chi connectivity index (χ1v) is 6.82. The van der Waals surface area contributed by atoms with E-state index < -0.39 is 0 Å². The minimum absolute atomic E-state index is 0.104. The van der Waals surface area contributed by atoms with Crippen molar-refractivity contribution < 1.29 is 13.9 Å². The summed E-state index contributed by atoms with van der Waals surface area (Å²) in [6.07, 6.45) is 0. The summed E-state index contributed by atoms with van der Waals surface area (Å²) in [5.74, 6) is 0.763. The normalized spacial score (nSPS) is 10.7. The molecule has 4 nitrogen and oxygen atoms in total. The van der Waals surface area contributed by atoms with Gasteiger partial charge in [0.2, 0.25) is 11.8 Å². The predicted octanol–water partition coefficient (Wildman–Crippen LogP) is 3.42. The maximum Gasteiger partial charge on any atom is 0.240 e. The summed E-state index contributed by atoms with van der Waals surface area (Å²) in [6, 6.07) is 9.76. The van der Waals surface area contributed by atoms with E-state index >= 15 is 0 Å². The number of rotatable bonds is 6. The van der Waals surface area contributed by atoms with Crippen molar-refractivity contribution in [1.29, 1.82) is 0 Å². The van der Waals surface area contributed by atoms with Gasteiger partial charge in [-0.2, -0.15) is 4.98 Å². The molecule has 21 heavy (non-hydrogen) atoms. The fraction of sp³-hybridized carbons (Fsp3) is 0.312. The van der Waals surface area contributed by atoms with Crippen LogP contribution in [0.2, 0.25) is 0 Å². The Labute approximate surface area is 123 Å². The number of nitrogens with two attached hydrogens (primary N) is 1. The third-order valence-corrected chi connectivity index (χ3v) is 2.75. The van der Waals surface area contributed by atoms with Crippen LogP contribution in [0.1, 0.15) is 19.4 Å². The van der Waals surface area contributed by atoms with E-state index in [0.29, 0.717) is 35.5 Å². The van der Waals surface area contributed by atoms with Crippen molar-refractivity contribution in [2.75, 3.05) is 12.3 Å². The third kappa shape index (κ3) is 4.34. The average Bonchev–Trinajstić information content (AvgIpc) is 2.46. The minimum Gasteiger partial charge on any atom is -0.476 e. The first kappa shape index (κ1) is 15.1. The van der Waals surface area contributed by atoms with E-state index in [1.807, 2.05) is 13.8 Å². The van der Waals surface area contributed by atoms with E-state index in [0.717, 1.165) is 0 Å². The molecule has 0 saturated carbocycles. The number of hydrogen-bond donors (Lipinski definition) is 1.